The lowest BCUT2D eigenvalue weighted by Crippen LogP contribution is -2.37. The molecule has 2 aromatic rings. The van der Waals surface area contributed by atoms with E-state index in [4.69, 9.17) is 0 Å². The molecule has 0 bridgehead atoms. The van der Waals surface area contributed by atoms with Gasteiger partial charge in [-0.1, -0.05) is 11.8 Å². The van der Waals surface area contributed by atoms with E-state index in [1.54, 1.807) is 18.1 Å². The summed E-state index contributed by atoms with van der Waals surface area (Å²) in [5, 5.41) is 4.52. The normalized spacial score (nSPS) is 18.8. The molecule has 1 fully saturated rings. The van der Waals surface area contributed by atoms with E-state index >= 15 is 0 Å². The van der Waals surface area contributed by atoms with E-state index in [9.17, 15) is 4.79 Å². The van der Waals surface area contributed by atoms with E-state index in [2.05, 4.69) is 31.0 Å². The molecule has 0 spiro atoms. The highest BCUT2D eigenvalue weighted by Gasteiger charge is 2.35. The highest BCUT2D eigenvalue weighted by molar-refractivity contribution is 7.99. The molecule has 5 rings (SSSR count). The standard InChI is InChI=1S/C17H20N6OS/c24-16(11-1-2-11)22-4-3-13-14(9-22)19-10-20-15(13)18-7-12-8-23-5-6-25-17(23)21-12/h8,10-11H,1-7,9H2,(H,18,19,20). The van der Waals surface area contributed by atoms with Crippen LogP contribution in [0.5, 0.6) is 0 Å². The highest BCUT2D eigenvalue weighted by atomic mass is 32.2. The molecule has 1 N–H and O–H groups in total. The van der Waals surface area contributed by atoms with E-state index in [0.29, 0.717) is 19.0 Å². The minimum atomic E-state index is 0.265. The first kappa shape index (κ1) is 15.2. The van der Waals surface area contributed by atoms with Gasteiger partial charge < -0.3 is 14.8 Å². The predicted octanol–water partition coefficient (Wildman–Crippen LogP) is 1.69. The van der Waals surface area contributed by atoms with E-state index in [0.717, 1.165) is 66.0 Å². The molecule has 0 radical (unpaired) electrons. The molecule has 7 nitrogen and oxygen atoms in total. The molecule has 1 aliphatic carbocycles. The van der Waals surface area contributed by atoms with E-state index < -0.39 is 0 Å². The van der Waals surface area contributed by atoms with Crippen LogP contribution in [0.1, 0.15) is 29.8 Å². The number of imidazole rings is 1. The van der Waals surface area contributed by atoms with Crippen LogP contribution in [0, 0.1) is 5.92 Å². The van der Waals surface area contributed by atoms with Gasteiger partial charge in [-0.15, -0.1) is 0 Å². The second kappa shape index (κ2) is 6.01. The van der Waals surface area contributed by atoms with Gasteiger partial charge >= 0.3 is 0 Å². The number of aryl methyl sites for hydroxylation is 1. The van der Waals surface area contributed by atoms with Gasteiger partial charge in [0, 0.05) is 36.5 Å². The summed E-state index contributed by atoms with van der Waals surface area (Å²) in [5.74, 6) is 2.56. The Hall–Kier alpha value is -2.09. The third-order valence-electron chi connectivity index (χ3n) is 5.04. The topological polar surface area (TPSA) is 75.9 Å². The van der Waals surface area contributed by atoms with Gasteiger partial charge in [-0.25, -0.2) is 15.0 Å². The Labute approximate surface area is 150 Å². The molecule has 0 saturated heterocycles. The van der Waals surface area contributed by atoms with Gasteiger partial charge in [-0.05, 0) is 19.3 Å². The highest BCUT2D eigenvalue weighted by Crippen LogP contribution is 2.33. The molecule has 8 heteroatoms. The second-order valence-electron chi connectivity index (χ2n) is 6.84. The molecule has 1 saturated carbocycles. The summed E-state index contributed by atoms with van der Waals surface area (Å²) in [7, 11) is 0. The number of hydrogen-bond donors (Lipinski definition) is 1. The van der Waals surface area contributed by atoms with Crippen molar-refractivity contribution in [3.8, 4) is 0 Å². The van der Waals surface area contributed by atoms with Gasteiger partial charge in [0.1, 0.15) is 12.1 Å². The van der Waals surface area contributed by atoms with Gasteiger partial charge in [0.2, 0.25) is 5.91 Å². The Morgan fingerprint density at radius 1 is 1.32 bits per heavy atom. The van der Waals surface area contributed by atoms with Crippen LogP contribution >= 0.6 is 11.8 Å². The molecule has 4 heterocycles. The molecule has 1 amide bonds. The third kappa shape index (κ3) is 2.88. The van der Waals surface area contributed by atoms with Crippen molar-refractivity contribution in [1.82, 2.24) is 24.4 Å². The van der Waals surface area contributed by atoms with Gasteiger partial charge in [-0.2, -0.15) is 0 Å². The zero-order chi connectivity index (χ0) is 16.8. The lowest BCUT2D eigenvalue weighted by atomic mass is 10.0. The average molecular weight is 356 g/mol. The van der Waals surface area contributed by atoms with Crippen LogP contribution in [0.3, 0.4) is 0 Å². The van der Waals surface area contributed by atoms with Crippen LogP contribution in [0.4, 0.5) is 5.82 Å². The Morgan fingerprint density at radius 2 is 2.24 bits per heavy atom. The van der Waals surface area contributed by atoms with Gasteiger partial charge in [0.15, 0.2) is 5.16 Å². The molecule has 25 heavy (non-hydrogen) atoms. The minimum Gasteiger partial charge on any atom is -0.364 e. The SMILES string of the molecule is O=C(C1CC1)N1CCc2c(ncnc2NCc2cn3c(n2)SCC3)C1. The van der Waals surface area contributed by atoms with E-state index in [1.807, 2.05) is 4.90 Å². The van der Waals surface area contributed by atoms with Gasteiger partial charge in [0.25, 0.3) is 0 Å². The number of nitrogens with zero attached hydrogens (tertiary/aromatic N) is 5. The summed E-state index contributed by atoms with van der Waals surface area (Å²) >= 11 is 1.80. The van der Waals surface area contributed by atoms with Crippen molar-refractivity contribution in [2.75, 3.05) is 17.6 Å². The first-order valence-corrected chi connectivity index (χ1v) is 9.81. The Balaban J connectivity index is 1.30. The molecule has 0 atom stereocenters. The van der Waals surface area contributed by atoms with Crippen molar-refractivity contribution < 1.29 is 4.79 Å². The monoisotopic (exact) mass is 356 g/mol. The van der Waals surface area contributed by atoms with Crippen molar-refractivity contribution in [1.29, 1.82) is 0 Å². The van der Waals surface area contributed by atoms with E-state index in [1.165, 1.54) is 0 Å². The Bertz CT molecular complexity index is 809. The Kier molecular flexibility index (Phi) is 3.65. The van der Waals surface area contributed by atoms with Crippen molar-refractivity contribution >= 4 is 23.5 Å². The lowest BCUT2D eigenvalue weighted by molar-refractivity contribution is -0.133. The number of carbonyl (C=O) groups excluding carboxylic acids is 1. The van der Waals surface area contributed by atoms with Crippen molar-refractivity contribution in [2.24, 2.45) is 5.92 Å². The molecular weight excluding hydrogens is 336 g/mol. The second-order valence-corrected chi connectivity index (χ2v) is 7.90. The number of aromatic nitrogens is 4. The van der Waals surface area contributed by atoms with Crippen molar-refractivity contribution in [2.45, 2.75) is 44.1 Å². The molecule has 2 aliphatic heterocycles. The molecule has 2 aromatic heterocycles. The Morgan fingerprint density at radius 3 is 3.08 bits per heavy atom. The van der Waals surface area contributed by atoms with Crippen LogP contribution < -0.4 is 5.32 Å². The molecule has 0 unspecified atom stereocenters. The largest absolute Gasteiger partial charge is 0.364 e. The van der Waals surface area contributed by atoms with Crippen LogP contribution in [0.15, 0.2) is 17.7 Å². The number of anilines is 1. The zero-order valence-electron chi connectivity index (χ0n) is 13.9. The summed E-state index contributed by atoms with van der Waals surface area (Å²) < 4.78 is 2.21. The maximum Gasteiger partial charge on any atom is 0.226 e. The average Bonchev–Trinajstić information content (AvgIpc) is 3.27. The fraction of sp³-hybridized carbons (Fsp3) is 0.529. The number of carbonyl (C=O) groups is 1. The van der Waals surface area contributed by atoms with Crippen LogP contribution in [0.2, 0.25) is 0 Å². The number of rotatable bonds is 4. The summed E-state index contributed by atoms with van der Waals surface area (Å²) in [6, 6.07) is 0. The van der Waals surface area contributed by atoms with Crippen molar-refractivity contribution in [3.05, 3.63) is 29.5 Å². The fourth-order valence-corrected chi connectivity index (χ4v) is 4.47. The molecular formula is C17H20N6OS. The predicted molar refractivity (Wildman–Crippen MR) is 94.2 cm³/mol. The summed E-state index contributed by atoms with van der Waals surface area (Å²) in [4.78, 5) is 27.7. The molecule has 0 aromatic carbocycles. The first-order valence-electron chi connectivity index (χ1n) is 8.82. The number of amides is 1. The number of thioether (sulfide) groups is 1. The lowest BCUT2D eigenvalue weighted by Gasteiger charge is -2.29. The smallest absolute Gasteiger partial charge is 0.226 e. The quantitative estimate of drug-likeness (QED) is 0.898. The fourth-order valence-electron chi connectivity index (χ4n) is 3.50. The minimum absolute atomic E-state index is 0.265. The van der Waals surface area contributed by atoms with Crippen LogP contribution in [-0.2, 0) is 30.8 Å². The van der Waals surface area contributed by atoms with E-state index in [-0.39, 0.29) is 5.92 Å². The van der Waals surface area contributed by atoms with Crippen LogP contribution in [-0.4, -0.2) is 42.6 Å². The van der Waals surface area contributed by atoms with Gasteiger partial charge in [-0.3, -0.25) is 4.79 Å². The number of fused-ring (bicyclic) bond motifs is 2. The summed E-state index contributed by atoms with van der Waals surface area (Å²) in [6.07, 6.45) is 6.62. The van der Waals surface area contributed by atoms with Crippen LogP contribution in [0.25, 0.3) is 0 Å². The number of hydrogen-bond acceptors (Lipinski definition) is 6. The maximum absolute atomic E-state index is 12.3. The maximum atomic E-state index is 12.3. The zero-order valence-corrected chi connectivity index (χ0v) is 14.8. The first-order chi connectivity index (χ1) is 12.3. The molecule has 130 valence electrons. The third-order valence-corrected chi connectivity index (χ3v) is 6.01. The summed E-state index contributed by atoms with van der Waals surface area (Å²) in [5.41, 5.74) is 3.15. The van der Waals surface area contributed by atoms with Gasteiger partial charge in [0.05, 0.1) is 24.5 Å². The van der Waals surface area contributed by atoms with Crippen molar-refractivity contribution in [3.63, 3.8) is 0 Å². The molecule has 3 aliphatic rings. The number of nitrogens with one attached hydrogen (secondary N) is 1. The summed E-state index contributed by atoms with van der Waals surface area (Å²) in [6.45, 7) is 3.08.